The Morgan fingerprint density at radius 2 is 1.61 bits per heavy atom. The molecule has 0 saturated carbocycles. The summed E-state index contributed by atoms with van der Waals surface area (Å²) in [5, 5.41) is 0. The van der Waals surface area contributed by atoms with Gasteiger partial charge >= 0.3 is 5.69 Å². The summed E-state index contributed by atoms with van der Waals surface area (Å²) in [7, 11) is -3.92. The number of hydrogen-bond donors (Lipinski definition) is 2. The van der Waals surface area contributed by atoms with Crippen LogP contribution in [-0.2, 0) is 10.0 Å². The summed E-state index contributed by atoms with van der Waals surface area (Å²) in [6, 6.07) is 9.72. The van der Waals surface area contributed by atoms with Gasteiger partial charge in [0.25, 0.3) is 5.56 Å². The van der Waals surface area contributed by atoms with Gasteiger partial charge in [-0.2, -0.15) is 4.31 Å². The molecular weight excluding hydrogens is 320 g/mol. The van der Waals surface area contributed by atoms with Crippen molar-refractivity contribution in [3.63, 3.8) is 0 Å². The van der Waals surface area contributed by atoms with Crippen LogP contribution < -0.4 is 16.1 Å². The van der Waals surface area contributed by atoms with E-state index < -0.39 is 26.2 Å². The van der Waals surface area contributed by atoms with Crippen LogP contribution in [0.15, 0.2) is 51.0 Å². The van der Waals surface area contributed by atoms with Gasteiger partial charge in [-0.05, 0) is 12.1 Å². The number of anilines is 1. The number of hydrogen-bond acceptors (Lipinski definition) is 5. The monoisotopic (exact) mass is 336 g/mol. The summed E-state index contributed by atoms with van der Waals surface area (Å²) in [5.74, 6) is 0. The number of benzene rings is 1. The summed E-state index contributed by atoms with van der Waals surface area (Å²) in [6.07, 6.45) is 0.945. The zero-order valence-electron chi connectivity index (χ0n) is 12.2. The first-order valence-electron chi connectivity index (χ1n) is 7.10. The number of H-pyrrole nitrogens is 2. The van der Waals surface area contributed by atoms with Crippen molar-refractivity contribution in [3.8, 4) is 0 Å². The van der Waals surface area contributed by atoms with Crippen LogP contribution in [0.4, 0.5) is 5.69 Å². The van der Waals surface area contributed by atoms with Crippen molar-refractivity contribution in [2.45, 2.75) is 4.90 Å². The Kier molecular flexibility index (Phi) is 4.05. The number of piperazine rings is 1. The number of rotatable bonds is 3. The molecule has 3 rings (SSSR count). The molecule has 1 aliphatic rings. The van der Waals surface area contributed by atoms with Gasteiger partial charge in [-0.25, -0.2) is 13.2 Å². The molecule has 1 aliphatic heterocycles. The number of aromatic nitrogens is 2. The lowest BCUT2D eigenvalue weighted by Gasteiger charge is -2.35. The van der Waals surface area contributed by atoms with Gasteiger partial charge in [-0.1, -0.05) is 18.2 Å². The molecule has 0 aliphatic carbocycles. The van der Waals surface area contributed by atoms with Crippen molar-refractivity contribution in [2.75, 3.05) is 31.1 Å². The standard InChI is InChI=1S/C14H16N4O4S/c19-13-12(10-15-14(20)16-13)23(21,22)18-8-6-17(7-9-18)11-4-2-1-3-5-11/h1-5,10H,6-9H2,(H2,15,16,19,20). The van der Waals surface area contributed by atoms with E-state index in [-0.39, 0.29) is 13.1 Å². The maximum atomic E-state index is 12.5. The maximum absolute atomic E-state index is 12.5. The second-order valence-corrected chi connectivity index (χ2v) is 7.07. The number of para-hydroxylation sites is 1. The van der Waals surface area contributed by atoms with E-state index >= 15 is 0 Å². The van der Waals surface area contributed by atoms with Crippen LogP contribution in [0.25, 0.3) is 0 Å². The van der Waals surface area contributed by atoms with Gasteiger partial charge in [0.2, 0.25) is 10.0 Å². The van der Waals surface area contributed by atoms with Crippen LogP contribution in [0.5, 0.6) is 0 Å². The third-order valence-corrected chi connectivity index (χ3v) is 5.67. The fourth-order valence-corrected chi connectivity index (χ4v) is 3.97. The Morgan fingerprint density at radius 1 is 0.957 bits per heavy atom. The summed E-state index contributed by atoms with van der Waals surface area (Å²) in [5.41, 5.74) is -0.603. The van der Waals surface area contributed by atoms with Crippen molar-refractivity contribution in [1.29, 1.82) is 0 Å². The topological polar surface area (TPSA) is 106 Å². The molecule has 9 heteroatoms. The molecule has 2 N–H and O–H groups in total. The van der Waals surface area contributed by atoms with E-state index in [0.717, 1.165) is 11.9 Å². The first kappa shape index (κ1) is 15.5. The number of nitrogens with one attached hydrogen (secondary N) is 2. The second kappa shape index (κ2) is 6.01. The van der Waals surface area contributed by atoms with E-state index in [9.17, 15) is 18.0 Å². The SMILES string of the molecule is O=c1[nH]cc(S(=O)(=O)N2CCN(c3ccccc3)CC2)c(=O)[nH]1. The van der Waals surface area contributed by atoms with Crippen molar-refractivity contribution < 1.29 is 8.42 Å². The minimum Gasteiger partial charge on any atom is -0.369 e. The maximum Gasteiger partial charge on any atom is 0.325 e. The predicted molar refractivity (Wildman–Crippen MR) is 85.1 cm³/mol. The Bertz CT molecular complexity index is 896. The zero-order valence-corrected chi connectivity index (χ0v) is 13.0. The van der Waals surface area contributed by atoms with Crippen molar-refractivity contribution >= 4 is 15.7 Å². The quantitative estimate of drug-likeness (QED) is 0.791. The summed E-state index contributed by atoms with van der Waals surface area (Å²) in [4.78, 5) is 28.5. The van der Waals surface area contributed by atoms with Crippen LogP contribution >= 0.6 is 0 Å². The molecule has 0 radical (unpaired) electrons. The van der Waals surface area contributed by atoms with Gasteiger partial charge in [-0.3, -0.25) is 9.78 Å². The average molecular weight is 336 g/mol. The van der Waals surface area contributed by atoms with Crippen LogP contribution in [0.1, 0.15) is 0 Å². The Hall–Kier alpha value is -2.39. The number of aromatic amines is 2. The molecule has 0 spiro atoms. The van der Waals surface area contributed by atoms with Crippen LogP contribution in [0.2, 0.25) is 0 Å². The highest BCUT2D eigenvalue weighted by Crippen LogP contribution is 2.18. The predicted octanol–water partition coefficient (Wildman–Crippen LogP) is -0.426. The Labute approximate surface area is 132 Å². The van der Waals surface area contributed by atoms with E-state index in [0.29, 0.717) is 13.1 Å². The number of nitrogens with zero attached hydrogens (tertiary/aromatic N) is 2. The molecule has 1 saturated heterocycles. The Morgan fingerprint density at radius 3 is 2.22 bits per heavy atom. The molecule has 1 aromatic carbocycles. The lowest BCUT2D eigenvalue weighted by atomic mass is 10.2. The molecule has 2 heterocycles. The largest absolute Gasteiger partial charge is 0.369 e. The van der Waals surface area contributed by atoms with Gasteiger partial charge < -0.3 is 9.88 Å². The van der Waals surface area contributed by atoms with E-state index in [1.165, 1.54) is 4.31 Å². The summed E-state index contributed by atoms with van der Waals surface area (Å²) < 4.78 is 26.3. The molecule has 0 bridgehead atoms. The highest BCUT2D eigenvalue weighted by Gasteiger charge is 2.30. The van der Waals surface area contributed by atoms with E-state index in [1.807, 2.05) is 35.3 Å². The molecule has 1 aromatic heterocycles. The first-order chi connectivity index (χ1) is 11.0. The second-order valence-electron chi connectivity index (χ2n) is 5.16. The van der Waals surface area contributed by atoms with Crippen molar-refractivity contribution in [1.82, 2.24) is 14.3 Å². The third kappa shape index (κ3) is 3.06. The number of sulfonamides is 1. The molecule has 23 heavy (non-hydrogen) atoms. The average Bonchev–Trinajstić information content (AvgIpc) is 2.55. The van der Waals surface area contributed by atoms with E-state index in [2.05, 4.69) is 9.88 Å². The Balaban J connectivity index is 1.79. The van der Waals surface area contributed by atoms with Crippen molar-refractivity contribution in [3.05, 3.63) is 57.4 Å². The third-order valence-electron chi connectivity index (χ3n) is 3.76. The fourth-order valence-electron chi connectivity index (χ4n) is 2.55. The van der Waals surface area contributed by atoms with Gasteiger partial charge in [0.05, 0.1) is 0 Å². The molecule has 0 unspecified atom stereocenters. The molecule has 2 aromatic rings. The van der Waals surface area contributed by atoms with Gasteiger partial charge in [0, 0.05) is 38.1 Å². The lowest BCUT2D eigenvalue weighted by molar-refractivity contribution is 0.384. The lowest BCUT2D eigenvalue weighted by Crippen LogP contribution is -2.49. The van der Waals surface area contributed by atoms with Crippen LogP contribution in [0, 0.1) is 0 Å². The van der Waals surface area contributed by atoms with Crippen LogP contribution in [0.3, 0.4) is 0 Å². The van der Waals surface area contributed by atoms with Gasteiger partial charge in [0.15, 0.2) is 4.90 Å². The fraction of sp³-hybridized carbons (Fsp3) is 0.286. The highest BCUT2D eigenvalue weighted by molar-refractivity contribution is 7.89. The molecule has 0 atom stereocenters. The van der Waals surface area contributed by atoms with E-state index in [1.54, 1.807) is 0 Å². The molecule has 1 fully saturated rings. The minimum atomic E-state index is -3.92. The normalized spacial score (nSPS) is 16.4. The van der Waals surface area contributed by atoms with Crippen molar-refractivity contribution in [2.24, 2.45) is 0 Å². The van der Waals surface area contributed by atoms with Gasteiger partial charge in [-0.15, -0.1) is 0 Å². The van der Waals surface area contributed by atoms with Crippen LogP contribution in [-0.4, -0.2) is 48.9 Å². The minimum absolute atomic E-state index is 0.274. The summed E-state index contributed by atoms with van der Waals surface area (Å²) >= 11 is 0. The zero-order chi connectivity index (χ0) is 16.4. The summed E-state index contributed by atoms with van der Waals surface area (Å²) in [6.45, 7) is 1.61. The van der Waals surface area contributed by atoms with E-state index in [4.69, 9.17) is 0 Å². The van der Waals surface area contributed by atoms with Gasteiger partial charge in [0.1, 0.15) is 0 Å². The molecular formula is C14H16N4O4S. The smallest absolute Gasteiger partial charge is 0.325 e. The molecule has 0 amide bonds. The first-order valence-corrected chi connectivity index (χ1v) is 8.54. The molecule has 122 valence electrons. The molecule has 8 nitrogen and oxygen atoms in total. The highest BCUT2D eigenvalue weighted by atomic mass is 32.2.